The van der Waals surface area contributed by atoms with E-state index in [4.69, 9.17) is 0 Å². The van der Waals surface area contributed by atoms with E-state index in [0.29, 0.717) is 34.0 Å². The first-order valence-electron chi connectivity index (χ1n) is 11.3. The van der Waals surface area contributed by atoms with E-state index in [1.807, 2.05) is 36.4 Å². The zero-order chi connectivity index (χ0) is 23.4. The van der Waals surface area contributed by atoms with Gasteiger partial charge in [0.2, 0.25) is 0 Å². The van der Waals surface area contributed by atoms with Gasteiger partial charge in [-0.05, 0) is 66.1 Å². The molecule has 4 rings (SSSR count). The summed E-state index contributed by atoms with van der Waals surface area (Å²) in [6, 6.07) is 15.7. The lowest BCUT2D eigenvalue weighted by Crippen LogP contribution is -2.06. The van der Waals surface area contributed by atoms with Crippen LogP contribution in [-0.2, 0) is 6.42 Å². The summed E-state index contributed by atoms with van der Waals surface area (Å²) in [5, 5.41) is 0. The zero-order valence-electron chi connectivity index (χ0n) is 19.0. The molecule has 0 radical (unpaired) electrons. The summed E-state index contributed by atoms with van der Waals surface area (Å²) in [6.07, 6.45) is 2.99. The van der Waals surface area contributed by atoms with E-state index in [1.54, 1.807) is 6.07 Å². The van der Waals surface area contributed by atoms with Crippen molar-refractivity contribution in [2.75, 3.05) is 0 Å². The summed E-state index contributed by atoms with van der Waals surface area (Å²) in [5.41, 5.74) is 4.64. The molecule has 5 heteroatoms. The molecule has 0 N–H and O–H groups in total. The number of aromatic nitrogens is 2. The van der Waals surface area contributed by atoms with Crippen molar-refractivity contribution in [3.63, 3.8) is 0 Å². The average molecular weight is 461 g/mol. The molecule has 0 saturated heterocycles. The number of benzene rings is 3. The van der Waals surface area contributed by atoms with Gasteiger partial charge in [0.25, 0.3) is 0 Å². The third-order valence-electron chi connectivity index (χ3n) is 6.01. The molecule has 1 aromatic heterocycles. The van der Waals surface area contributed by atoms with Crippen molar-refractivity contribution in [3.8, 4) is 23.0 Å². The molecule has 0 fully saturated rings. The molecule has 1 heterocycles. The van der Waals surface area contributed by atoms with Gasteiger partial charge in [0.05, 0.1) is 11.7 Å². The maximum absolute atomic E-state index is 14.6. The molecule has 33 heavy (non-hydrogen) atoms. The topological polar surface area (TPSA) is 25.8 Å². The Bertz CT molecular complexity index is 1320. The van der Waals surface area contributed by atoms with Crippen molar-refractivity contribution < 1.29 is 8.78 Å². The van der Waals surface area contributed by atoms with Gasteiger partial charge in [-0.3, -0.25) is 0 Å². The van der Waals surface area contributed by atoms with Crippen LogP contribution in [0, 0.1) is 35.3 Å². The molecular weight excluding hydrogens is 434 g/mol. The fourth-order valence-electron chi connectivity index (χ4n) is 4.01. The van der Waals surface area contributed by atoms with Gasteiger partial charge in [0.1, 0.15) is 22.7 Å². The molecule has 0 aliphatic heterocycles. The smallest absolute Gasteiger partial charge is 0.133 e. The van der Waals surface area contributed by atoms with Crippen LogP contribution in [0.4, 0.5) is 8.78 Å². The minimum atomic E-state index is -0.330. The van der Waals surface area contributed by atoms with Crippen LogP contribution in [0.15, 0.2) is 54.6 Å². The van der Waals surface area contributed by atoms with Crippen LogP contribution in [0.25, 0.3) is 22.2 Å². The second-order valence-electron chi connectivity index (χ2n) is 8.78. The molecule has 2 nitrogen and oxygen atoms in total. The van der Waals surface area contributed by atoms with Crippen LogP contribution in [-0.4, -0.2) is 8.75 Å². The molecule has 2 unspecified atom stereocenters. The first-order chi connectivity index (χ1) is 15.9. The Morgan fingerprint density at radius 3 is 2.18 bits per heavy atom. The summed E-state index contributed by atoms with van der Waals surface area (Å²) < 4.78 is 37.3. The molecule has 0 saturated carbocycles. The lowest BCUT2D eigenvalue weighted by Gasteiger charge is -2.16. The van der Waals surface area contributed by atoms with Gasteiger partial charge < -0.3 is 0 Å². The number of nitrogens with zero attached hydrogens (tertiary/aromatic N) is 2. The van der Waals surface area contributed by atoms with Crippen molar-refractivity contribution in [2.45, 2.75) is 40.0 Å². The van der Waals surface area contributed by atoms with Crippen molar-refractivity contribution in [1.82, 2.24) is 8.75 Å². The number of hydrogen-bond donors (Lipinski definition) is 0. The van der Waals surface area contributed by atoms with Crippen LogP contribution in [0.5, 0.6) is 0 Å². The van der Waals surface area contributed by atoms with Crippen LogP contribution in [0.1, 0.15) is 50.3 Å². The van der Waals surface area contributed by atoms with E-state index < -0.39 is 0 Å². The van der Waals surface area contributed by atoms with E-state index in [0.717, 1.165) is 47.7 Å². The van der Waals surface area contributed by atoms with Crippen molar-refractivity contribution >= 4 is 22.8 Å². The highest BCUT2D eigenvalue weighted by Crippen LogP contribution is 2.27. The van der Waals surface area contributed by atoms with E-state index in [9.17, 15) is 8.78 Å². The summed E-state index contributed by atoms with van der Waals surface area (Å²) in [5.74, 6) is 6.68. The largest absolute Gasteiger partial charge is 0.207 e. The van der Waals surface area contributed by atoms with E-state index in [-0.39, 0.29) is 11.6 Å². The van der Waals surface area contributed by atoms with Gasteiger partial charge in [-0.25, -0.2) is 8.78 Å². The minimum Gasteiger partial charge on any atom is -0.207 e. The third-order valence-corrected chi connectivity index (χ3v) is 6.57. The summed E-state index contributed by atoms with van der Waals surface area (Å²) >= 11 is 1.07. The second kappa shape index (κ2) is 10.2. The molecule has 2 atom stereocenters. The van der Waals surface area contributed by atoms with Crippen molar-refractivity contribution in [1.29, 1.82) is 0 Å². The lowest BCUT2D eigenvalue weighted by atomic mass is 9.90. The maximum atomic E-state index is 14.6. The van der Waals surface area contributed by atoms with E-state index in [2.05, 4.69) is 41.4 Å². The Morgan fingerprint density at radius 1 is 0.818 bits per heavy atom. The quantitative estimate of drug-likeness (QED) is 0.276. The molecule has 0 spiro atoms. The highest BCUT2D eigenvalue weighted by atomic mass is 32.1. The highest BCUT2D eigenvalue weighted by molar-refractivity contribution is 7.00. The number of hydrogen-bond acceptors (Lipinski definition) is 3. The van der Waals surface area contributed by atoms with Gasteiger partial charge in [-0.1, -0.05) is 57.2 Å². The first kappa shape index (κ1) is 23.1. The molecule has 0 aliphatic carbocycles. The van der Waals surface area contributed by atoms with Crippen LogP contribution < -0.4 is 0 Å². The third kappa shape index (κ3) is 5.64. The normalized spacial score (nSPS) is 12.9. The molecule has 0 amide bonds. The van der Waals surface area contributed by atoms with Crippen LogP contribution in [0.2, 0.25) is 0 Å². The van der Waals surface area contributed by atoms with Crippen molar-refractivity contribution in [2.24, 2.45) is 11.8 Å². The van der Waals surface area contributed by atoms with Crippen molar-refractivity contribution in [3.05, 3.63) is 82.9 Å². The number of rotatable bonds is 6. The second-order valence-corrected chi connectivity index (χ2v) is 9.31. The molecule has 168 valence electrons. The number of fused-ring (bicyclic) bond motifs is 1. The predicted octanol–water partition coefficient (Wildman–Crippen LogP) is 7.65. The maximum Gasteiger partial charge on any atom is 0.133 e. The SMILES string of the molecule is CCC(C)CC(C)Cc1ccc(C#Cc2ccc(-c3cc4nsnc4cc3F)cc2)cc1F. The molecule has 0 aliphatic rings. The average Bonchev–Trinajstić information content (AvgIpc) is 3.26. The van der Waals surface area contributed by atoms with Gasteiger partial charge >= 0.3 is 0 Å². The standard InChI is InChI=1S/C28H26F2N2S/c1-4-18(2)13-19(3)14-23-12-9-21(15-25(23)29)6-5-20-7-10-22(11-8-20)24-16-27-28(17-26(24)30)32-33-31-27/h7-12,15-19H,4,13-14H2,1-3H3. The Kier molecular flexibility index (Phi) is 7.15. The molecule has 4 aromatic rings. The van der Waals surface area contributed by atoms with Gasteiger partial charge in [-0.2, -0.15) is 8.75 Å². The number of halogens is 2. The summed E-state index contributed by atoms with van der Waals surface area (Å²) in [7, 11) is 0. The fraction of sp³-hybridized carbons (Fsp3) is 0.286. The Hall–Kier alpha value is -3.10. The van der Waals surface area contributed by atoms with Gasteiger partial charge in [-0.15, -0.1) is 0 Å². The van der Waals surface area contributed by atoms with Crippen LogP contribution in [0.3, 0.4) is 0 Å². The fourth-order valence-corrected chi connectivity index (χ4v) is 4.52. The highest BCUT2D eigenvalue weighted by Gasteiger charge is 2.12. The van der Waals surface area contributed by atoms with Crippen LogP contribution >= 0.6 is 11.7 Å². The summed E-state index contributed by atoms with van der Waals surface area (Å²) in [4.78, 5) is 0. The summed E-state index contributed by atoms with van der Waals surface area (Å²) in [6.45, 7) is 6.61. The van der Waals surface area contributed by atoms with E-state index in [1.165, 1.54) is 12.1 Å². The molecule has 3 aromatic carbocycles. The minimum absolute atomic E-state index is 0.199. The Balaban J connectivity index is 1.47. The molecular formula is C28H26F2N2S. The lowest BCUT2D eigenvalue weighted by molar-refractivity contribution is 0.400. The molecule has 0 bridgehead atoms. The predicted molar refractivity (Wildman–Crippen MR) is 132 cm³/mol. The monoisotopic (exact) mass is 460 g/mol. The van der Waals surface area contributed by atoms with Gasteiger partial charge in [0, 0.05) is 22.8 Å². The first-order valence-corrected chi connectivity index (χ1v) is 12.0. The van der Waals surface area contributed by atoms with Gasteiger partial charge in [0.15, 0.2) is 0 Å². The zero-order valence-corrected chi connectivity index (χ0v) is 19.8. The van der Waals surface area contributed by atoms with E-state index >= 15 is 0 Å². The Labute approximate surface area is 198 Å². The Morgan fingerprint density at radius 2 is 1.48 bits per heavy atom.